The molecule has 1 aromatic rings. The van der Waals surface area contributed by atoms with E-state index in [1.807, 2.05) is 0 Å². The van der Waals surface area contributed by atoms with E-state index in [0.717, 1.165) is 0 Å². The average Bonchev–Trinajstić information content (AvgIpc) is 2.12. The van der Waals surface area contributed by atoms with Crippen LogP contribution >= 0.6 is 31.9 Å². The minimum atomic E-state index is 0.143. The van der Waals surface area contributed by atoms with Gasteiger partial charge in [-0.3, -0.25) is 0 Å². The fourth-order valence-corrected chi connectivity index (χ4v) is 3.87. The average molecular weight is 376 g/mol. The molecule has 0 bridgehead atoms. The zero-order valence-corrected chi connectivity index (χ0v) is 15.7. The van der Waals surface area contributed by atoms with E-state index in [1.165, 1.54) is 21.2 Å². The van der Waals surface area contributed by atoms with Crippen molar-refractivity contribution in [1.82, 2.24) is 0 Å². The Labute approximate surface area is 129 Å². The SMILES string of the molecule is CC(Br)c1c(Br)ccc(C(C)(C)C)c1C(C)(C)C. The molecule has 0 saturated carbocycles. The van der Waals surface area contributed by atoms with Crippen LogP contribution in [0.5, 0.6) is 0 Å². The quantitative estimate of drug-likeness (QED) is 0.491. The Hall–Kier alpha value is 0.180. The normalized spacial score (nSPS) is 14.7. The molecule has 1 rings (SSSR count). The van der Waals surface area contributed by atoms with Crippen LogP contribution in [0.3, 0.4) is 0 Å². The summed E-state index contributed by atoms with van der Waals surface area (Å²) in [4.78, 5) is 0.350. The van der Waals surface area contributed by atoms with Crippen LogP contribution in [0, 0.1) is 0 Å². The highest BCUT2D eigenvalue weighted by molar-refractivity contribution is 9.11. The highest BCUT2D eigenvalue weighted by Gasteiger charge is 2.29. The van der Waals surface area contributed by atoms with Gasteiger partial charge in [0, 0.05) is 9.30 Å². The Morgan fingerprint density at radius 2 is 1.44 bits per heavy atom. The van der Waals surface area contributed by atoms with Gasteiger partial charge in [-0.15, -0.1) is 0 Å². The van der Waals surface area contributed by atoms with Crippen molar-refractivity contribution >= 4 is 31.9 Å². The van der Waals surface area contributed by atoms with E-state index in [-0.39, 0.29) is 10.8 Å². The van der Waals surface area contributed by atoms with Gasteiger partial charge in [0.15, 0.2) is 0 Å². The molecule has 0 radical (unpaired) electrons. The lowest BCUT2D eigenvalue weighted by Gasteiger charge is -2.33. The van der Waals surface area contributed by atoms with Crippen molar-refractivity contribution in [3.8, 4) is 0 Å². The van der Waals surface area contributed by atoms with E-state index in [1.54, 1.807) is 0 Å². The predicted octanol–water partition coefficient (Wildman–Crippen LogP) is 6.50. The first-order valence-electron chi connectivity index (χ1n) is 6.43. The molecule has 102 valence electrons. The molecule has 0 aliphatic rings. The van der Waals surface area contributed by atoms with E-state index >= 15 is 0 Å². The van der Waals surface area contributed by atoms with Gasteiger partial charge >= 0.3 is 0 Å². The smallest absolute Gasteiger partial charge is 0.0381 e. The number of alkyl halides is 1. The van der Waals surface area contributed by atoms with Crippen LogP contribution in [0.15, 0.2) is 16.6 Å². The molecule has 0 fully saturated rings. The van der Waals surface area contributed by atoms with Crippen molar-refractivity contribution in [3.05, 3.63) is 33.3 Å². The second-order valence-corrected chi connectivity index (χ2v) is 9.23. The molecule has 1 aromatic carbocycles. The Kier molecular flexibility index (Phi) is 4.76. The Morgan fingerprint density at radius 3 is 1.78 bits per heavy atom. The topological polar surface area (TPSA) is 0 Å². The first-order valence-corrected chi connectivity index (χ1v) is 8.14. The zero-order valence-electron chi connectivity index (χ0n) is 12.5. The molecule has 0 N–H and O–H groups in total. The third kappa shape index (κ3) is 3.39. The van der Waals surface area contributed by atoms with Gasteiger partial charge < -0.3 is 0 Å². The van der Waals surface area contributed by atoms with E-state index in [0.29, 0.717) is 4.83 Å². The van der Waals surface area contributed by atoms with Gasteiger partial charge in [-0.25, -0.2) is 0 Å². The van der Waals surface area contributed by atoms with Gasteiger partial charge in [-0.05, 0) is 40.5 Å². The zero-order chi connectivity index (χ0) is 14.3. The summed E-state index contributed by atoms with van der Waals surface area (Å²) < 4.78 is 1.20. The monoisotopic (exact) mass is 374 g/mol. The maximum atomic E-state index is 3.75. The standard InChI is InChI=1S/C16H24Br2/c1-10(17)13-12(18)9-8-11(15(2,3)4)14(13)16(5,6)7/h8-10H,1-7H3. The van der Waals surface area contributed by atoms with Gasteiger partial charge in [-0.2, -0.15) is 0 Å². The first-order chi connectivity index (χ1) is 7.96. The summed E-state index contributed by atoms with van der Waals surface area (Å²) in [6, 6.07) is 4.45. The van der Waals surface area contributed by atoms with Crippen LogP contribution in [0.2, 0.25) is 0 Å². The molecule has 0 spiro atoms. The Morgan fingerprint density at radius 1 is 0.944 bits per heavy atom. The van der Waals surface area contributed by atoms with Crippen molar-refractivity contribution < 1.29 is 0 Å². The van der Waals surface area contributed by atoms with Crippen LogP contribution in [-0.2, 0) is 10.8 Å². The summed E-state index contributed by atoms with van der Waals surface area (Å²) in [7, 11) is 0. The molecule has 0 aliphatic carbocycles. The minimum absolute atomic E-state index is 0.143. The predicted molar refractivity (Wildman–Crippen MR) is 88.9 cm³/mol. The number of rotatable bonds is 1. The second kappa shape index (κ2) is 5.28. The van der Waals surface area contributed by atoms with E-state index in [9.17, 15) is 0 Å². The van der Waals surface area contributed by atoms with Gasteiger partial charge in [-0.1, -0.05) is 79.5 Å². The number of hydrogen-bond acceptors (Lipinski definition) is 0. The molecule has 0 aliphatic heterocycles. The van der Waals surface area contributed by atoms with Crippen molar-refractivity contribution in [3.63, 3.8) is 0 Å². The lowest BCUT2D eigenvalue weighted by Crippen LogP contribution is -2.24. The van der Waals surface area contributed by atoms with Crippen molar-refractivity contribution in [2.24, 2.45) is 0 Å². The van der Waals surface area contributed by atoms with Crippen LogP contribution in [-0.4, -0.2) is 0 Å². The second-order valence-electron chi connectivity index (χ2n) is 7.00. The molecule has 1 unspecified atom stereocenters. The Balaban J connectivity index is 3.72. The van der Waals surface area contributed by atoms with Gasteiger partial charge in [0.2, 0.25) is 0 Å². The highest BCUT2D eigenvalue weighted by atomic mass is 79.9. The maximum absolute atomic E-state index is 3.75. The molecule has 0 saturated heterocycles. The molecule has 0 nitrogen and oxygen atoms in total. The first kappa shape index (κ1) is 16.2. The molecule has 0 aromatic heterocycles. The summed E-state index contributed by atoms with van der Waals surface area (Å²) in [5, 5.41) is 0. The van der Waals surface area contributed by atoms with Crippen molar-refractivity contribution in [1.29, 1.82) is 0 Å². The molecule has 0 amide bonds. The molecule has 1 atom stereocenters. The number of benzene rings is 1. The highest BCUT2D eigenvalue weighted by Crippen LogP contribution is 2.43. The van der Waals surface area contributed by atoms with Gasteiger partial charge in [0.05, 0.1) is 0 Å². The third-order valence-corrected chi connectivity index (χ3v) is 4.30. The molecular weight excluding hydrogens is 352 g/mol. The molecular formula is C16H24Br2. The summed E-state index contributed by atoms with van der Waals surface area (Å²) in [5.74, 6) is 0. The lowest BCUT2D eigenvalue weighted by molar-refractivity contribution is 0.524. The van der Waals surface area contributed by atoms with Crippen molar-refractivity contribution in [2.45, 2.75) is 64.1 Å². The summed E-state index contributed by atoms with van der Waals surface area (Å²) in [6.45, 7) is 15.9. The van der Waals surface area contributed by atoms with Gasteiger partial charge in [0.1, 0.15) is 0 Å². The fraction of sp³-hybridized carbons (Fsp3) is 0.625. The van der Waals surface area contributed by atoms with Crippen LogP contribution < -0.4 is 0 Å². The van der Waals surface area contributed by atoms with E-state index in [2.05, 4.69) is 92.5 Å². The van der Waals surface area contributed by atoms with E-state index < -0.39 is 0 Å². The maximum Gasteiger partial charge on any atom is 0.0381 e. The Bertz CT molecular complexity index is 432. The molecule has 2 heteroatoms. The van der Waals surface area contributed by atoms with Crippen molar-refractivity contribution in [2.75, 3.05) is 0 Å². The summed E-state index contributed by atoms with van der Waals surface area (Å²) >= 11 is 7.46. The van der Waals surface area contributed by atoms with Crippen LogP contribution in [0.1, 0.15) is 70.0 Å². The van der Waals surface area contributed by atoms with E-state index in [4.69, 9.17) is 0 Å². The summed E-state index contributed by atoms with van der Waals surface area (Å²) in [6.07, 6.45) is 0. The largest absolute Gasteiger partial charge is 0.0841 e. The minimum Gasteiger partial charge on any atom is -0.0841 e. The third-order valence-electron chi connectivity index (χ3n) is 3.15. The number of hydrogen-bond donors (Lipinski definition) is 0. The number of halogens is 2. The lowest BCUT2D eigenvalue weighted by atomic mass is 9.73. The van der Waals surface area contributed by atoms with Crippen LogP contribution in [0.4, 0.5) is 0 Å². The van der Waals surface area contributed by atoms with Gasteiger partial charge in [0.25, 0.3) is 0 Å². The fourth-order valence-electron chi connectivity index (χ4n) is 2.42. The molecule has 0 heterocycles. The molecule has 18 heavy (non-hydrogen) atoms. The summed E-state index contributed by atoms with van der Waals surface area (Å²) in [5.41, 5.74) is 4.60. The van der Waals surface area contributed by atoms with Crippen LogP contribution in [0.25, 0.3) is 0 Å².